The fraction of sp³-hybridized carbons (Fsp3) is 0.760. The molecule has 1 unspecified atom stereocenters. The van der Waals surface area contributed by atoms with Crippen molar-refractivity contribution >= 4 is 19.8 Å². The smallest absolute Gasteiger partial charge is 0.462 e. The first-order chi connectivity index (χ1) is 29.7. The number of hydrogen-bond acceptors (Lipinski definition) is 9. The molecule has 0 aromatic rings. The maximum atomic E-state index is 12.6. The Balaban J connectivity index is 4.27. The van der Waals surface area contributed by atoms with Gasteiger partial charge in [0.25, 0.3) is 0 Å². The summed E-state index contributed by atoms with van der Waals surface area (Å²) in [5.41, 5.74) is 0. The molecule has 0 aliphatic carbocycles. The molecule has 0 spiro atoms. The van der Waals surface area contributed by atoms with Crippen molar-refractivity contribution in [2.75, 3.05) is 26.4 Å². The van der Waals surface area contributed by atoms with Crippen molar-refractivity contribution in [2.24, 2.45) is 0 Å². The molecule has 0 bridgehead atoms. The van der Waals surface area contributed by atoms with Crippen LogP contribution in [0.3, 0.4) is 0 Å². The van der Waals surface area contributed by atoms with Gasteiger partial charge >= 0.3 is 19.8 Å². The zero-order valence-electron chi connectivity index (χ0n) is 38.6. The highest BCUT2D eigenvalue weighted by molar-refractivity contribution is 7.47. The van der Waals surface area contributed by atoms with E-state index in [1.165, 1.54) is 89.9 Å². The summed E-state index contributed by atoms with van der Waals surface area (Å²) in [5, 5.41) is 18.4. The van der Waals surface area contributed by atoms with Crippen LogP contribution in [-0.4, -0.2) is 65.7 Å². The molecular weight excluding hydrogens is 792 g/mol. The number of aliphatic hydroxyl groups excluding tert-OH is 2. The minimum absolute atomic E-state index is 0.119. The summed E-state index contributed by atoms with van der Waals surface area (Å²) < 4.78 is 32.7. The van der Waals surface area contributed by atoms with E-state index in [0.717, 1.165) is 70.6 Å². The Morgan fingerprint density at radius 3 is 1.48 bits per heavy atom. The summed E-state index contributed by atoms with van der Waals surface area (Å²) in [6.45, 7) is 2.22. The topological polar surface area (TPSA) is 149 Å². The largest absolute Gasteiger partial charge is 0.472 e. The normalized spacial score (nSPS) is 14.2. The zero-order valence-corrected chi connectivity index (χ0v) is 39.5. The van der Waals surface area contributed by atoms with E-state index in [0.29, 0.717) is 19.3 Å². The molecule has 0 aliphatic heterocycles. The number of aliphatic hydroxyl groups is 2. The molecule has 3 N–H and O–H groups in total. The number of allylic oxidation sites excluding steroid dienone is 10. The minimum atomic E-state index is -4.64. The van der Waals surface area contributed by atoms with Crippen molar-refractivity contribution in [3.8, 4) is 0 Å². The number of ether oxygens (including phenoxy) is 2. The van der Waals surface area contributed by atoms with Crippen molar-refractivity contribution in [3.63, 3.8) is 0 Å². The third kappa shape index (κ3) is 45.5. The predicted octanol–water partition coefficient (Wildman–Crippen LogP) is 13.5. The lowest BCUT2D eigenvalue weighted by atomic mass is 10.0. The molecule has 0 heterocycles. The first kappa shape index (κ1) is 58.7. The molecule has 11 heteroatoms. The summed E-state index contributed by atoms with van der Waals surface area (Å²) in [5.74, 6) is -0.994. The van der Waals surface area contributed by atoms with Crippen LogP contribution in [0.25, 0.3) is 0 Å². The molecule has 0 saturated carbocycles. The highest BCUT2D eigenvalue weighted by atomic mass is 31.2. The highest BCUT2D eigenvalue weighted by Crippen LogP contribution is 2.43. The molecular formula is C50H89O10P. The van der Waals surface area contributed by atoms with Gasteiger partial charge in [0.15, 0.2) is 6.10 Å². The van der Waals surface area contributed by atoms with Crippen molar-refractivity contribution < 1.29 is 47.8 Å². The number of hydrogen-bond donors (Lipinski definition) is 3. The van der Waals surface area contributed by atoms with E-state index in [1.807, 2.05) is 0 Å². The van der Waals surface area contributed by atoms with Crippen molar-refractivity contribution in [1.82, 2.24) is 0 Å². The zero-order chi connectivity index (χ0) is 44.8. The molecule has 10 nitrogen and oxygen atoms in total. The Bertz CT molecular complexity index is 1200. The second-order valence-corrected chi connectivity index (χ2v) is 17.5. The second-order valence-electron chi connectivity index (χ2n) is 16.1. The maximum absolute atomic E-state index is 12.6. The number of phosphoric ester groups is 1. The number of carbonyl (C=O) groups excluding carboxylic acids is 2. The van der Waals surface area contributed by atoms with Gasteiger partial charge in [0.05, 0.1) is 19.8 Å². The number of rotatable bonds is 45. The fourth-order valence-corrected chi connectivity index (χ4v) is 7.23. The van der Waals surface area contributed by atoms with E-state index in [4.69, 9.17) is 23.6 Å². The van der Waals surface area contributed by atoms with E-state index in [-0.39, 0.29) is 19.4 Å². The minimum Gasteiger partial charge on any atom is -0.462 e. The van der Waals surface area contributed by atoms with Gasteiger partial charge < -0.3 is 24.6 Å². The van der Waals surface area contributed by atoms with E-state index in [1.54, 1.807) is 0 Å². The SMILES string of the molecule is CC/C=C/C/C=C/C/C=C/CCCCCCCC(=O)OC[C@H](COP(=O)(O)OC[C@@H](O)CO)OC(=O)CCC/C=C/CC/C=C/CCCCCCCCCCCCCCCC. The molecule has 0 radical (unpaired) electrons. The van der Waals surface area contributed by atoms with Crippen LogP contribution in [0.5, 0.6) is 0 Å². The van der Waals surface area contributed by atoms with Gasteiger partial charge in [0.1, 0.15) is 12.7 Å². The lowest BCUT2D eigenvalue weighted by Gasteiger charge is -2.20. The summed E-state index contributed by atoms with van der Waals surface area (Å²) in [6, 6.07) is 0. The summed E-state index contributed by atoms with van der Waals surface area (Å²) in [6.07, 6.45) is 52.1. The number of phosphoric acid groups is 1. The van der Waals surface area contributed by atoms with E-state index in [2.05, 4.69) is 74.6 Å². The Labute approximate surface area is 372 Å². The fourth-order valence-electron chi connectivity index (χ4n) is 6.44. The monoisotopic (exact) mass is 881 g/mol. The molecule has 0 saturated heterocycles. The standard InChI is InChI=1S/C50H89O10P/c1-3-5-7-9-11-13-15-17-19-20-21-22-23-24-25-26-28-30-32-34-36-38-40-42-50(54)60-48(46-59-61(55,56)58-44-47(52)43-51)45-57-49(53)41-39-37-35-33-31-29-27-18-16-14-12-10-8-6-4-2/h6,8,12,14,18,26-28,34,36,47-48,51-52H,3-5,7,9-11,13,15-17,19-25,29-33,35,37-46H2,1-2H3,(H,55,56)/b8-6+,14-12+,27-18+,28-26+,36-34+/t47-,48+/m0/s1. The van der Waals surface area contributed by atoms with Crippen LogP contribution >= 0.6 is 7.82 Å². The van der Waals surface area contributed by atoms with E-state index >= 15 is 0 Å². The number of esters is 2. The highest BCUT2D eigenvalue weighted by Gasteiger charge is 2.27. The van der Waals surface area contributed by atoms with Crippen LogP contribution in [0.1, 0.15) is 206 Å². The average Bonchev–Trinajstić information content (AvgIpc) is 3.25. The summed E-state index contributed by atoms with van der Waals surface area (Å²) in [7, 11) is -4.64. The Morgan fingerprint density at radius 1 is 0.508 bits per heavy atom. The van der Waals surface area contributed by atoms with Crippen LogP contribution in [0.15, 0.2) is 60.8 Å². The van der Waals surface area contributed by atoms with Crippen LogP contribution in [0.4, 0.5) is 0 Å². The van der Waals surface area contributed by atoms with Gasteiger partial charge in [-0.1, -0.05) is 177 Å². The summed E-state index contributed by atoms with van der Waals surface area (Å²) >= 11 is 0. The van der Waals surface area contributed by atoms with Gasteiger partial charge in [0, 0.05) is 12.8 Å². The van der Waals surface area contributed by atoms with Crippen LogP contribution < -0.4 is 0 Å². The Morgan fingerprint density at radius 2 is 0.934 bits per heavy atom. The van der Waals surface area contributed by atoms with Gasteiger partial charge in [-0.25, -0.2) is 4.57 Å². The average molecular weight is 881 g/mol. The van der Waals surface area contributed by atoms with Crippen molar-refractivity contribution in [2.45, 2.75) is 219 Å². The molecule has 0 aromatic heterocycles. The third-order valence-electron chi connectivity index (χ3n) is 10.1. The van der Waals surface area contributed by atoms with Gasteiger partial charge in [-0.15, -0.1) is 0 Å². The van der Waals surface area contributed by atoms with Gasteiger partial charge in [-0.3, -0.25) is 18.6 Å². The molecule has 0 aliphatic rings. The first-order valence-corrected chi connectivity index (χ1v) is 25.7. The molecule has 0 amide bonds. The van der Waals surface area contributed by atoms with Crippen LogP contribution in [-0.2, 0) is 32.7 Å². The van der Waals surface area contributed by atoms with Gasteiger partial charge in [-0.05, 0) is 77.0 Å². The summed E-state index contributed by atoms with van der Waals surface area (Å²) in [4.78, 5) is 35.1. The predicted molar refractivity (Wildman–Crippen MR) is 251 cm³/mol. The number of unbranched alkanes of at least 4 members (excludes halogenated alkanes) is 21. The third-order valence-corrected chi connectivity index (χ3v) is 11.1. The van der Waals surface area contributed by atoms with E-state index in [9.17, 15) is 24.2 Å². The van der Waals surface area contributed by atoms with Crippen LogP contribution in [0.2, 0.25) is 0 Å². The van der Waals surface area contributed by atoms with Gasteiger partial charge in [0.2, 0.25) is 0 Å². The molecule has 61 heavy (non-hydrogen) atoms. The van der Waals surface area contributed by atoms with E-state index < -0.39 is 51.8 Å². The lowest BCUT2D eigenvalue weighted by molar-refractivity contribution is -0.161. The molecule has 0 aromatic carbocycles. The lowest BCUT2D eigenvalue weighted by Crippen LogP contribution is -2.29. The quantitative estimate of drug-likeness (QED) is 0.0233. The Hall–Kier alpha value is -2.33. The second kappa shape index (κ2) is 45.7. The Kier molecular flexibility index (Phi) is 43.9. The first-order valence-electron chi connectivity index (χ1n) is 24.2. The molecule has 0 fully saturated rings. The van der Waals surface area contributed by atoms with Crippen LogP contribution in [0, 0.1) is 0 Å². The molecule has 0 rings (SSSR count). The molecule has 354 valence electrons. The maximum Gasteiger partial charge on any atom is 0.472 e. The van der Waals surface area contributed by atoms with Gasteiger partial charge in [-0.2, -0.15) is 0 Å². The molecule has 3 atom stereocenters. The number of carbonyl (C=O) groups is 2. The van der Waals surface area contributed by atoms with Crippen molar-refractivity contribution in [1.29, 1.82) is 0 Å². The van der Waals surface area contributed by atoms with Crippen molar-refractivity contribution in [3.05, 3.63) is 60.8 Å².